The van der Waals surface area contributed by atoms with Gasteiger partial charge in [0.15, 0.2) is 0 Å². The maximum Gasteiger partial charge on any atom is 0.137 e. The van der Waals surface area contributed by atoms with E-state index < -0.39 is 12.2 Å². The van der Waals surface area contributed by atoms with Gasteiger partial charge in [0.1, 0.15) is 76.2 Å². The molecule has 2 aromatic carbocycles. The summed E-state index contributed by atoms with van der Waals surface area (Å²) in [4.78, 5) is 2.78. The summed E-state index contributed by atoms with van der Waals surface area (Å²) in [5.41, 5.74) is 0. The van der Waals surface area contributed by atoms with Crippen molar-refractivity contribution < 1.29 is 29.5 Å². The van der Waals surface area contributed by atoms with E-state index >= 15 is 0 Å². The van der Waals surface area contributed by atoms with Crippen molar-refractivity contribution in [3.05, 3.63) is 60.7 Å². The number of quaternary nitrogens is 2. The van der Waals surface area contributed by atoms with E-state index in [4.69, 9.17) is 9.47 Å². The van der Waals surface area contributed by atoms with Crippen LogP contribution >= 0.6 is 0 Å². The number of benzene rings is 2. The Morgan fingerprint density at radius 3 is 1.36 bits per heavy atom. The minimum Gasteiger partial charge on any atom is -0.491 e. The molecule has 0 saturated carbocycles. The van der Waals surface area contributed by atoms with Crippen LogP contribution in [0.4, 0.5) is 0 Å². The molecule has 0 radical (unpaired) electrons. The molecule has 0 aliphatic carbocycles. The Morgan fingerprint density at radius 1 is 0.643 bits per heavy atom. The molecule has 2 unspecified atom stereocenters. The molecule has 2 aromatic rings. The Balaban J connectivity index is 1.29. The quantitative estimate of drug-likeness (QED) is 0.406. The van der Waals surface area contributed by atoms with Gasteiger partial charge in [0.25, 0.3) is 0 Å². The lowest BCUT2D eigenvalue weighted by Gasteiger charge is -2.31. The van der Waals surface area contributed by atoms with E-state index in [0.717, 1.165) is 37.7 Å². The fourth-order valence-electron chi connectivity index (χ4n) is 3.57. The van der Waals surface area contributed by atoms with Crippen molar-refractivity contribution in [1.82, 2.24) is 0 Å². The van der Waals surface area contributed by atoms with Gasteiger partial charge in [-0.3, -0.25) is 0 Å². The van der Waals surface area contributed by atoms with Crippen molar-refractivity contribution in [2.24, 2.45) is 0 Å². The predicted octanol–water partition coefficient (Wildman–Crippen LogP) is -1.35. The molecule has 4 N–H and O–H groups in total. The average molecular weight is 389 g/mol. The Bertz CT molecular complexity index is 603. The summed E-state index contributed by atoms with van der Waals surface area (Å²) in [6.07, 6.45) is -0.941. The van der Waals surface area contributed by atoms with Crippen molar-refractivity contribution in [3.63, 3.8) is 0 Å². The molecule has 0 aromatic heterocycles. The molecule has 0 bridgehead atoms. The summed E-state index contributed by atoms with van der Waals surface area (Å²) in [6, 6.07) is 19.2. The third-order valence-corrected chi connectivity index (χ3v) is 5.08. The first-order valence-corrected chi connectivity index (χ1v) is 10.1. The van der Waals surface area contributed by atoms with Crippen molar-refractivity contribution in [2.45, 2.75) is 12.2 Å². The fraction of sp³-hybridized carbons (Fsp3) is 0.455. The summed E-state index contributed by atoms with van der Waals surface area (Å²) < 4.78 is 11.3. The molecule has 1 aliphatic heterocycles. The van der Waals surface area contributed by atoms with Gasteiger partial charge < -0.3 is 29.5 Å². The van der Waals surface area contributed by atoms with Gasteiger partial charge in [0.2, 0.25) is 0 Å². The zero-order chi connectivity index (χ0) is 19.6. The van der Waals surface area contributed by atoms with E-state index in [1.807, 2.05) is 60.7 Å². The molecule has 2 atom stereocenters. The number of para-hydroxylation sites is 2. The van der Waals surface area contributed by atoms with E-state index in [2.05, 4.69) is 0 Å². The van der Waals surface area contributed by atoms with Crippen LogP contribution in [-0.2, 0) is 0 Å². The van der Waals surface area contributed by atoms with Crippen LogP contribution in [0.25, 0.3) is 0 Å². The smallest absolute Gasteiger partial charge is 0.137 e. The van der Waals surface area contributed by atoms with Crippen molar-refractivity contribution in [1.29, 1.82) is 0 Å². The van der Waals surface area contributed by atoms with Crippen LogP contribution in [-0.4, -0.2) is 74.9 Å². The van der Waals surface area contributed by atoms with Gasteiger partial charge >= 0.3 is 0 Å². The molecule has 1 heterocycles. The highest BCUT2D eigenvalue weighted by molar-refractivity contribution is 5.21. The van der Waals surface area contributed by atoms with Gasteiger partial charge in [-0.1, -0.05) is 36.4 Å². The normalized spacial score (nSPS) is 21.6. The standard InChI is InChI=1S/C22H30N2O4/c25-19(17-27-21-7-3-1-4-8-21)15-23-11-13-24(14-12-23)16-20(26)18-28-22-9-5-2-6-10-22/h1-10,19-20,25-26H,11-18H2/p+2. The highest BCUT2D eigenvalue weighted by atomic mass is 16.5. The number of aliphatic hydroxyl groups excluding tert-OH is 2. The molecule has 0 amide bonds. The number of nitrogens with one attached hydrogen (secondary N) is 2. The van der Waals surface area contributed by atoms with Crippen molar-refractivity contribution >= 4 is 0 Å². The Morgan fingerprint density at radius 2 is 1.00 bits per heavy atom. The highest BCUT2D eigenvalue weighted by Gasteiger charge is 2.26. The maximum atomic E-state index is 10.2. The van der Waals surface area contributed by atoms with Crippen LogP contribution in [0, 0.1) is 0 Å². The van der Waals surface area contributed by atoms with Gasteiger partial charge in [0.05, 0.1) is 0 Å². The third kappa shape index (κ3) is 7.13. The van der Waals surface area contributed by atoms with E-state index in [9.17, 15) is 10.2 Å². The topological polar surface area (TPSA) is 67.8 Å². The molecule has 6 heteroatoms. The first-order chi connectivity index (χ1) is 13.7. The number of hydrogen-bond donors (Lipinski definition) is 4. The van der Waals surface area contributed by atoms with Crippen LogP contribution in [0.15, 0.2) is 60.7 Å². The monoisotopic (exact) mass is 388 g/mol. The number of rotatable bonds is 10. The lowest BCUT2D eigenvalue weighted by atomic mass is 10.2. The molecule has 152 valence electrons. The summed E-state index contributed by atoms with van der Waals surface area (Å²) in [6.45, 7) is 5.99. The minimum absolute atomic E-state index is 0.319. The second kappa shape index (κ2) is 11.0. The van der Waals surface area contributed by atoms with Crippen LogP contribution < -0.4 is 19.3 Å². The first kappa shape index (κ1) is 20.6. The number of ether oxygens (including phenoxy) is 2. The zero-order valence-electron chi connectivity index (χ0n) is 16.3. The number of hydrogen-bond acceptors (Lipinski definition) is 4. The third-order valence-electron chi connectivity index (χ3n) is 5.08. The zero-order valence-corrected chi connectivity index (χ0v) is 16.3. The van der Waals surface area contributed by atoms with Crippen LogP contribution in [0.3, 0.4) is 0 Å². The molecule has 6 nitrogen and oxygen atoms in total. The molecular weight excluding hydrogens is 356 g/mol. The van der Waals surface area contributed by atoms with E-state index in [0.29, 0.717) is 26.3 Å². The number of piperazine rings is 1. The summed E-state index contributed by atoms with van der Waals surface area (Å²) in [5, 5.41) is 20.5. The lowest BCUT2D eigenvalue weighted by molar-refractivity contribution is -1.01. The van der Waals surface area contributed by atoms with Gasteiger partial charge in [-0.05, 0) is 24.3 Å². The minimum atomic E-state index is -0.471. The van der Waals surface area contributed by atoms with E-state index in [1.54, 1.807) is 0 Å². The SMILES string of the molecule is OC(COc1ccccc1)C[NH+]1CC[NH+](CC(O)COc2ccccc2)CC1. The van der Waals surface area contributed by atoms with Crippen molar-refractivity contribution in [3.8, 4) is 11.5 Å². The molecule has 3 rings (SSSR count). The predicted molar refractivity (Wildman–Crippen MR) is 107 cm³/mol. The Hall–Kier alpha value is -2.12. The first-order valence-electron chi connectivity index (χ1n) is 10.1. The lowest BCUT2D eigenvalue weighted by Crippen LogP contribution is -3.29. The average Bonchev–Trinajstić information content (AvgIpc) is 2.74. The highest BCUT2D eigenvalue weighted by Crippen LogP contribution is 2.08. The van der Waals surface area contributed by atoms with E-state index in [-0.39, 0.29) is 0 Å². The molecule has 0 spiro atoms. The summed E-state index contributed by atoms with van der Waals surface area (Å²) in [7, 11) is 0. The molecular formula is C22H32N2O4+2. The maximum absolute atomic E-state index is 10.2. The number of aliphatic hydroxyl groups is 2. The van der Waals surface area contributed by atoms with Crippen LogP contribution in [0.2, 0.25) is 0 Å². The van der Waals surface area contributed by atoms with Gasteiger partial charge in [-0.25, -0.2) is 0 Å². The second-order valence-electron chi connectivity index (χ2n) is 7.46. The van der Waals surface area contributed by atoms with Crippen molar-refractivity contribution in [2.75, 3.05) is 52.5 Å². The summed E-state index contributed by atoms with van der Waals surface area (Å²) in [5.74, 6) is 1.58. The molecule has 1 saturated heterocycles. The van der Waals surface area contributed by atoms with Gasteiger partial charge in [0, 0.05) is 0 Å². The largest absolute Gasteiger partial charge is 0.491 e. The van der Waals surface area contributed by atoms with Gasteiger partial charge in [-0.2, -0.15) is 0 Å². The Labute approximate surface area is 166 Å². The summed E-state index contributed by atoms with van der Waals surface area (Å²) >= 11 is 0. The fourth-order valence-corrected chi connectivity index (χ4v) is 3.57. The van der Waals surface area contributed by atoms with E-state index in [1.165, 1.54) is 9.80 Å². The second-order valence-corrected chi connectivity index (χ2v) is 7.46. The van der Waals surface area contributed by atoms with Gasteiger partial charge in [-0.15, -0.1) is 0 Å². The molecule has 28 heavy (non-hydrogen) atoms. The molecule has 1 aliphatic rings. The Kier molecular flexibility index (Phi) is 8.11. The van der Waals surface area contributed by atoms with Crippen LogP contribution in [0.1, 0.15) is 0 Å². The van der Waals surface area contributed by atoms with Crippen LogP contribution in [0.5, 0.6) is 11.5 Å². The molecule has 1 fully saturated rings.